The van der Waals surface area contributed by atoms with Gasteiger partial charge in [-0.3, -0.25) is 10.1 Å². The number of nitro groups is 1. The summed E-state index contributed by atoms with van der Waals surface area (Å²) in [5.74, 6) is 0. The van der Waals surface area contributed by atoms with Gasteiger partial charge in [0.1, 0.15) is 0 Å². The van der Waals surface area contributed by atoms with Crippen LogP contribution in [0.2, 0.25) is 5.02 Å². The van der Waals surface area contributed by atoms with Crippen molar-refractivity contribution in [1.82, 2.24) is 5.32 Å². The van der Waals surface area contributed by atoms with Crippen LogP contribution >= 0.6 is 11.6 Å². The minimum atomic E-state index is -0.441. The van der Waals surface area contributed by atoms with Crippen LogP contribution in [0.3, 0.4) is 0 Å². The van der Waals surface area contributed by atoms with Crippen molar-refractivity contribution in [3.63, 3.8) is 0 Å². The van der Waals surface area contributed by atoms with Crippen LogP contribution in [0.25, 0.3) is 0 Å². The highest BCUT2D eigenvalue weighted by molar-refractivity contribution is 6.31. The third-order valence-electron chi connectivity index (χ3n) is 3.31. The van der Waals surface area contributed by atoms with Crippen LogP contribution in [0.4, 0.5) is 5.69 Å². The maximum atomic E-state index is 10.6. The van der Waals surface area contributed by atoms with E-state index in [9.17, 15) is 10.1 Å². The maximum absolute atomic E-state index is 10.6. The highest BCUT2D eigenvalue weighted by Crippen LogP contribution is 2.23. The van der Waals surface area contributed by atoms with Crippen LogP contribution in [0.5, 0.6) is 0 Å². The Bertz CT molecular complexity index is 467. The first kappa shape index (κ1) is 14.2. The van der Waals surface area contributed by atoms with Crippen molar-refractivity contribution >= 4 is 17.3 Å². The number of hydrogen-bond acceptors (Lipinski definition) is 4. The van der Waals surface area contributed by atoms with Crippen LogP contribution in [0.1, 0.15) is 25.3 Å². The van der Waals surface area contributed by atoms with Gasteiger partial charge in [-0.25, -0.2) is 0 Å². The van der Waals surface area contributed by atoms with Gasteiger partial charge in [0.25, 0.3) is 5.69 Å². The van der Waals surface area contributed by atoms with Gasteiger partial charge in [-0.15, -0.1) is 0 Å². The number of benzene rings is 1. The molecule has 0 radical (unpaired) electrons. The van der Waals surface area contributed by atoms with E-state index >= 15 is 0 Å². The van der Waals surface area contributed by atoms with E-state index in [1.54, 1.807) is 6.07 Å². The van der Waals surface area contributed by atoms with E-state index in [1.807, 2.05) is 0 Å². The van der Waals surface area contributed by atoms with Crippen molar-refractivity contribution in [2.45, 2.75) is 38.5 Å². The zero-order chi connectivity index (χ0) is 13.8. The fraction of sp³-hybridized carbons (Fsp3) is 0.538. The minimum absolute atomic E-state index is 0.0217. The van der Waals surface area contributed by atoms with E-state index < -0.39 is 4.92 Å². The molecule has 0 spiro atoms. The molecule has 0 saturated carbocycles. The van der Waals surface area contributed by atoms with E-state index in [2.05, 4.69) is 12.2 Å². The molecule has 0 aliphatic carbocycles. The van der Waals surface area contributed by atoms with E-state index in [1.165, 1.54) is 12.1 Å². The average molecular weight is 285 g/mol. The van der Waals surface area contributed by atoms with Gasteiger partial charge in [0.05, 0.1) is 16.0 Å². The Balaban J connectivity index is 1.94. The molecule has 2 unspecified atom stereocenters. The molecule has 1 aliphatic rings. The Hall–Kier alpha value is -1.17. The number of hydrogen-bond donors (Lipinski definition) is 1. The number of nitro benzene ring substituents is 1. The van der Waals surface area contributed by atoms with Crippen molar-refractivity contribution in [3.8, 4) is 0 Å². The maximum Gasteiger partial charge on any atom is 0.270 e. The molecule has 5 nitrogen and oxygen atoms in total. The van der Waals surface area contributed by atoms with Crippen LogP contribution < -0.4 is 5.32 Å². The molecule has 0 aromatic heterocycles. The van der Waals surface area contributed by atoms with Crippen LogP contribution in [0.15, 0.2) is 18.2 Å². The number of nitrogens with one attached hydrogen (secondary N) is 1. The van der Waals surface area contributed by atoms with E-state index in [0.29, 0.717) is 17.6 Å². The van der Waals surface area contributed by atoms with Gasteiger partial charge in [-0.05, 0) is 31.4 Å². The van der Waals surface area contributed by atoms with Gasteiger partial charge < -0.3 is 10.1 Å². The molecule has 1 N–H and O–H groups in total. The molecule has 0 amide bonds. The van der Waals surface area contributed by atoms with Gasteiger partial charge >= 0.3 is 0 Å². The lowest BCUT2D eigenvalue weighted by atomic mass is 10.0. The van der Waals surface area contributed by atoms with Gasteiger partial charge in [-0.2, -0.15) is 0 Å². The molecular formula is C13H17ClN2O3. The Labute approximate surface area is 117 Å². The predicted molar refractivity (Wildman–Crippen MR) is 73.4 cm³/mol. The van der Waals surface area contributed by atoms with Crippen LogP contribution in [-0.2, 0) is 11.3 Å². The lowest BCUT2D eigenvalue weighted by molar-refractivity contribution is -0.384. The van der Waals surface area contributed by atoms with Gasteiger partial charge in [0, 0.05) is 31.3 Å². The number of halogens is 1. The summed E-state index contributed by atoms with van der Waals surface area (Å²) < 4.78 is 5.48. The molecule has 1 aliphatic heterocycles. The zero-order valence-electron chi connectivity index (χ0n) is 10.8. The fourth-order valence-electron chi connectivity index (χ4n) is 2.23. The Kier molecular flexibility index (Phi) is 4.74. The number of ether oxygens (including phenoxy) is 1. The molecular weight excluding hydrogens is 268 g/mol. The first-order chi connectivity index (χ1) is 9.06. The van der Waals surface area contributed by atoms with Crippen molar-refractivity contribution in [2.75, 3.05) is 6.61 Å². The second-order valence-corrected chi connectivity index (χ2v) is 5.22. The normalized spacial score (nSPS) is 23.3. The van der Waals surface area contributed by atoms with Crippen molar-refractivity contribution < 1.29 is 9.66 Å². The summed E-state index contributed by atoms with van der Waals surface area (Å²) in [6, 6.07) is 4.99. The van der Waals surface area contributed by atoms with Crippen LogP contribution in [0, 0.1) is 10.1 Å². The quantitative estimate of drug-likeness (QED) is 0.682. The molecule has 1 heterocycles. The molecule has 1 aromatic rings. The molecule has 1 fully saturated rings. The van der Waals surface area contributed by atoms with Crippen molar-refractivity contribution in [2.24, 2.45) is 0 Å². The highest BCUT2D eigenvalue weighted by Gasteiger charge is 2.19. The van der Waals surface area contributed by atoms with Gasteiger partial charge in [0.15, 0.2) is 0 Å². The van der Waals surface area contributed by atoms with Crippen molar-refractivity contribution in [1.29, 1.82) is 0 Å². The predicted octanol–water partition coefficient (Wildman–Crippen LogP) is 2.91. The largest absolute Gasteiger partial charge is 0.378 e. The van der Waals surface area contributed by atoms with Gasteiger partial charge in [0.2, 0.25) is 0 Å². The fourth-order valence-corrected chi connectivity index (χ4v) is 2.47. The molecule has 1 saturated heterocycles. The summed E-state index contributed by atoms with van der Waals surface area (Å²) in [6.07, 6.45) is 2.23. The summed E-state index contributed by atoms with van der Waals surface area (Å²) in [5.41, 5.74) is 0.903. The molecule has 104 valence electrons. The summed E-state index contributed by atoms with van der Waals surface area (Å²) in [4.78, 5) is 10.2. The summed E-state index contributed by atoms with van der Waals surface area (Å²) >= 11 is 6.05. The SMILES string of the molecule is CC1CC(NCc2ccc([N+](=O)[O-])cc2Cl)CCO1. The van der Waals surface area contributed by atoms with Crippen LogP contribution in [-0.4, -0.2) is 23.7 Å². The number of rotatable bonds is 4. The third-order valence-corrected chi connectivity index (χ3v) is 3.67. The first-order valence-electron chi connectivity index (χ1n) is 6.34. The van der Waals surface area contributed by atoms with Gasteiger partial charge in [-0.1, -0.05) is 11.6 Å². The minimum Gasteiger partial charge on any atom is -0.378 e. The molecule has 2 atom stereocenters. The standard InChI is InChI=1S/C13H17ClN2O3/c1-9-6-11(4-5-19-9)15-8-10-2-3-12(16(17)18)7-13(10)14/h2-3,7,9,11,15H,4-6,8H2,1H3. The molecule has 19 heavy (non-hydrogen) atoms. The zero-order valence-corrected chi connectivity index (χ0v) is 11.5. The first-order valence-corrected chi connectivity index (χ1v) is 6.72. The molecule has 1 aromatic carbocycles. The number of non-ortho nitro benzene ring substituents is 1. The molecule has 2 rings (SSSR count). The summed E-state index contributed by atoms with van der Waals surface area (Å²) in [6.45, 7) is 3.45. The van der Waals surface area contributed by atoms with Crippen molar-refractivity contribution in [3.05, 3.63) is 38.9 Å². The molecule has 6 heteroatoms. The summed E-state index contributed by atoms with van der Waals surface area (Å²) in [7, 11) is 0. The summed E-state index contributed by atoms with van der Waals surface area (Å²) in [5, 5.41) is 14.5. The third kappa shape index (κ3) is 3.89. The average Bonchev–Trinajstić information content (AvgIpc) is 2.37. The monoisotopic (exact) mass is 284 g/mol. The number of nitrogens with zero attached hydrogens (tertiary/aromatic N) is 1. The second-order valence-electron chi connectivity index (χ2n) is 4.82. The Morgan fingerprint density at radius 3 is 3.00 bits per heavy atom. The van der Waals surface area contributed by atoms with E-state index in [4.69, 9.17) is 16.3 Å². The second kappa shape index (κ2) is 6.32. The Morgan fingerprint density at radius 1 is 1.58 bits per heavy atom. The lowest BCUT2D eigenvalue weighted by Gasteiger charge is -2.28. The lowest BCUT2D eigenvalue weighted by Crippen LogP contribution is -2.37. The van der Waals surface area contributed by atoms with E-state index in [-0.39, 0.29) is 11.8 Å². The Morgan fingerprint density at radius 2 is 2.37 bits per heavy atom. The van der Waals surface area contributed by atoms with E-state index in [0.717, 1.165) is 25.0 Å². The molecule has 0 bridgehead atoms. The highest BCUT2D eigenvalue weighted by atomic mass is 35.5. The topological polar surface area (TPSA) is 64.4 Å². The smallest absolute Gasteiger partial charge is 0.270 e.